The SMILES string of the molecule is O=C(O)O.[CsH].[K]. The molecule has 0 aromatic carbocycles. The summed E-state index contributed by atoms with van der Waals surface area (Å²) in [4.78, 5) is 8.56. The quantitative estimate of drug-likeness (QED) is 0.540. The van der Waals surface area contributed by atoms with Gasteiger partial charge in [-0.25, -0.2) is 4.79 Å². The van der Waals surface area contributed by atoms with E-state index in [2.05, 4.69) is 0 Å². The maximum Gasteiger partial charge on any atom is 0 e. The van der Waals surface area contributed by atoms with E-state index in [0.29, 0.717) is 0 Å². The van der Waals surface area contributed by atoms with Crippen LogP contribution in [0.3, 0.4) is 0 Å². The molecule has 0 aromatic rings. The second-order valence-electron chi connectivity index (χ2n) is 0.283. The molecule has 0 aliphatic carbocycles. The Morgan fingerprint density at radius 1 is 1.33 bits per heavy atom. The Bertz CT molecular complexity index is 33.8. The van der Waals surface area contributed by atoms with E-state index in [-0.39, 0.29) is 120 Å². The predicted octanol–water partition coefficient (Wildman–Crippen LogP) is -0.807. The summed E-state index contributed by atoms with van der Waals surface area (Å²) in [6.07, 6.45) is -1.83. The van der Waals surface area contributed by atoms with Crippen LogP contribution >= 0.6 is 0 Å². The zero-order valence-corrected chi connectivity index (χ0v) is 5.93. The van der Waals surface area contributed by atoms with Crippen LogP contribution < -0.4 is 0 Å². The molecule has 3 nitrogen and oxygen atoms in total. The van der Waals surface area contributed by atoms with Crippen molar-refractivity contribution in [2.75, 3.05) is 0 Å². The minimum Gasteiger partial charge on any atom is 0 e. The Kier molecular flexibility index (Phi) is 28.9. The summed E-state index contributed by atoms with van der Waals surface area (Å²) in [6.45, 7) is 0. The molecule has 0 bridgehead atoms. The second kappa shape index (κ2) is 10.9. The molecule has 0 fully saturated rings. The number of rotatable bonds is 0. The first-order valence-corrected chi connectivity index (χ1v) is 0.651. The van der Waals surface area contributed by atoms with Gasteiger partial charge in [0.25, 0.3) is 0 Å². The minimum absolute atomic E-state index is 0. The van der Waals surface area contributed by atoms with Gasteiger partial charge in [-0.05, 0) is 0 Å². The van der Waals surface area contributed by atoms with E-state index in [4.69, 9.17) is 15.0 Å². The fourth-order valence-electron chi connectivity index (χ4n) is 0. The van der Waals surface area contributed by atoms with Gasteiger partial charge < -0.3 is 10.2 Å². The maximum atomic E-state index is 8.56. The van der Waals surface area contributed by atoms with E-state index in [1.165, 1.54) is 0 Å². The van der Waals surface area contributed by atoms with Crippen molar-refractivity contribution >= 4 is 126 Å². The van der Waals surface area contributed by atoms with Gasteiger partial charge in [-0.2, -0.15) is 0 Å². The summed E-state index contributed by atoms with van der Waals surface area (Å²) < 4.78 is 0. The summed E-state index contributed by atoms with van der Waals surface area (Å²) >= 11 is 0. The molecule has 0 amide bonds. The van der Waals surface area contributed by atoms with Gasteiger partial charge in [0.15, 0.2) is 0 Å². The van der Waals surface area contributed by atoms with Gasteiger partial charge in [-0.3, -0.25) is 0 Å². The van der Waals surface area contributed by atoms with E-state index in [0.717, 1.165) is 0 Å². The summed E-state index contributed by atoms with van der Waals surface area (Å²) in [5, 5.41) is 13.9. The van der Waals surface area contributed by atoms with Crippen molar-refractivity contribution in [2.24, 2.45) is 0 Å². The Morgan fingerprint density at radius 2 is 1.33 bits per heavy atom. The van der Waals surface area contributed by atoms with Gasteiger partial charge in [-0.1, -0.05) is 0 Å². The molecular formula is CH3CsKO3. The first kappa shape index (κ1) is 16.0. The number of carboxylic acid groups (broad SMARTS) is 2. The molecule has 5 heteroatoms. The van der Waals surface area contributed by atoms with Crippen molar-refractivity contribution in [3.8, 4) is 0 Å². The maximum absolute atomic E-state index is 8.56. The van der Waals surface area contributed by atoms with Crippen molar-refractivity contribution in [3.05, 3.63) is 0 Å². The van der Waals surface area contributed by atoms with Gasteiger partial charge in [-0.15, -0.1) is 0 Å². The van der Waals surface area contributed by atoms with E-state index in [1.54, 1.807) is 0 Å². The van der Waals surface area contributed by atoms with Crippen LogP contribution in [-0.4, -0.2) is 137 Å². The third kappa shape index (κ3) is 28.2. The van der Waals surface area contributed by atoms with Crippen LogP contribution in [0.1, 0.15) is 0 Å². The van der Waals surface area contributed by atoms with Crippen molar-refractivity contribution in [1.29, 1.82) is 0 Å². The Balaban J connectivity index is -0.0000000450. The molecule has 2 N–H and O–H groups in total. The average molecular weight is 235 g/mol. The van der Waals surface area contributed by atoms with Crippen LogP contribution in [0.5, 0.6) is 0 Å². The summed E-state index contributed by atoms with van der Waals surface area (Å²) in [7, 11) is 0. The zero-order valence-electron chi connectivity index (χ0n) is 2.80. The van der Waals surface area contributed by atoms with Gasteiger partial charge in [0.2, 0.25) is 0 Å². The third-order valence-corrected chi connectivity index (χ3v) is 0. The first-order chi connectivity index (χ1) is 1.73. The molecule has 1 radical (unpaired) electrons. The fraction of sp³-hybridized carbons (Fsp3) is 0. The molecule has 0 aromatic heterocycles. The normalized spacial score (nSPS) is 4.00. The van der Waals surface area contributed by atoms with Gasteiger partial charge in [0.1, 0.15) is 0 Å². The standard InChI is InChI=1S/CH2O3.Cs.K.H/c2-1(3)4;;;/h(H2,2,3,4);;;. The minimum atomic E-state index is -1.83. The molecule has 0 unspecified atom stereocenters. The molecule has 0 heterocycles. The fourth-order valence-corrected chi connectivity index (χ4v) is 0. The third-order valence-electron chi connectivity index (χ3n) is 0. The molecule has 0 saturated heterocycles. The molecular weight excluding hydrogens is 232 g/mol. The van der Waals surface area contributed by atoms with E-state index in [1.807, 2.05) is 0 Å². The summed E-state index contributed by atoms with van der Waals surface area (Å²) in [5.41, 5.74) is 0. The van der Waals surface area contributed by atoms with Crippen LogP contribution in [0.2, 0.25) is 0 Å². The van der Waals surface area contributed by atoms with Crippen molar-refractivity contribution in [1.82, 2.24) is 0 Å². The molecule has 6 heavy (non-hydrogen) atoms. The predicted molar refractivity (Wildman–Crippen MR) is 23.6 cm³/mol. The molecule has 0 saturated carbocycles. The summed E-state index contributed by atoms with van der Waals surface area (Å²) in [6, 6.07) is 0. The van der Waals surface area contributed by atoms with E-state index in [9.17, 15) is 0 Å². The van der Waals surface area contributed by atoms with Crippen LogP contribution in [0, 0.1) is 0 Å². The van der Waals surface area contributed by atoms with Gasteiger partial charge in [0.05, 0.1) is 0 Å². The van der Waals surface area contributed by atoms with Crippen LogP contribution in [0.15, 0.2) is 0 Å². The Hall–Kier alpha value is 2.96. The largest absolute Gasteiger partial charge is 0 e. The van der Waals surface area contributed by atoms with Crippen molar-refractivity contribution in [2.45, 2.75) is 0 Å². The summed E-state index contributed by atoms with van der Waals surface area (Å²) in [5.74, 6) is 0. The van der Waals surface area contributed by atoms with Crippen molar-refractivity contribution in [3.63, 3.8) is 0 Å². The van der Waals surface area contributed by atoms with Crippen LogP contribution in [-0.2, 0) is 0 Å². The smallest absolute Gasteiger partial charge is 0 e. The Labute approximate surface area is 137 Å². The average Bonchev–Trinajstić information content (AvgIpc) is 0.811. The molecule has 0 atom stereocenters. The number of hydrogen-bond donors (Lipinski definition) is 2. The van der Waals surface area contributed by atoms with Crippen LogP contribution in [0.4, 0.5) is 4.79 Å². The van der Waals surface area contributed by atoms with E-state index < -0.39 is 6.16 Å². The van der Waals surface area contributed by atoms with Gasteiger partial charge in [0, 0.05) is 51.4 Å². The monoisotopic (exact) mass is 235 g/mol. The number of carbonyl (C=O) groups is 1. The van der Waals surface area contributed by atoms with Crippen LogP contribution in [0.25, 0.3) is 0 Å². The molecule has 0 aliphatic rings. The molecule has 0 aliphatic heterocycles. The molecule has 0 spiro atoms. The Morgan fingerprint density at radius 3 is 1.33 bits per heavy atom. The molecule has 0 rings (SSSR count). The molecule has 27 valence electrons. The first-order valence-electron chi connectivity index (χ1n) is 0.651. The topological polar surface area (TPSA) is 57.5 Å². The van der Waals surface area contributed by atoms with E-state index >= 15 is 0 Å². The zero-order chi connectivity index (χ0) is 3.58. The number of hydrogen-bond acceptors (Lipinski definition) is 1. The van der Waals surface area contributed by atoms with Gasteiger partial charge >= 0.3 is 75.0 Å². The second-order valence-corrected chi connectivity index (χ2v) is 0.283. The van der Waals surface area contributed by atoms with Crippen molar-refractivity contribution < 1.29 is 15.0 Å².